The number of benzene rings is 1. The van der Waals surface area contributed by atoms with Gasteiger partial charge in [0.2, 0.25) is 11.8 Å². The van der Waals surface area contributed by atoms with E-state index in [1.807, 2.05) is 34.6 Å². The van der Waals surface area contributed by atoms with Gasteiger partial charge in [-0.3, -0.25) is 9.59 Å². The highest BCUT2D eigenvalue weighted by Gasteiger charge is 2.43. The lowest BCUT2D eigenvalue weighted by atomic mass is 9.90. The molecular weight excluding hydrogens is 482 g/mol. The first-order valence-electron chi connectivity index (χ1n) is 14.1. The molecule has 2 unspecified atom stereocenters. The Kier molecular flexibility index (Phi) is 11.0. The number of hydrogen-bond acceptors (Lipinski definition) is 5. The summed E-state index contributed by atoms with van der Waals surface area (Å²) in [5.41, 5.74) is -0.827. The van der Waals surface area contributed by atoms with Crippen molar-refractivity contribution in [2.24, 2.45) is 5.92 Å². The van der Waals surface area contributed by atoms with Gasteiger partial charge in [-0.25, -0.2) is 4.79 Å². The summed E-state index contributed by atoms with van der Waals surface area (Å²) in [6, 6.07) is 4.68. The van der Waals surface area contributed by atoms with Crippen molar-refractivity contribution in [1.82, 2.24) is 15.5 Å². The number of phenolic OH excluding ortho intramolecular Hbond substituents is 1. The van der Waals surface area contributed by atoms with Gasteiger partial charge in [-0.15, -0.1) is 0 Å². The number of alkyl carbamates (subject to hydrolysis) is 1. The fourth-order valence-corrected chi connectivity index (χ4v) is 4.86. The highest BCUT2D eigenvalue weighted by molar-refractivity contribution is 5.92. The second-order valence-corrected chi connectivity index (χ2v) is 12.5. The zero-order valence-corrected chi connectivity index (χ0v) is 24.6. The summed E-state index contributed by atoms with van der Waals surface area (Å²) < 4.78 is 5.47. The van der Waals surface area contributed by atoms with Crippen LogP contribution in [0, 0.1) is 5.92 Å². The molecule has 2 rings (SSSR count). The van der Waals surface area contributed by atoms with Crippen LogP contribution in [-0.2, 0) is 14.3 Å². The Labute approximate surface area is 228 Å². The molecule has 0 aromatic heterocycles. The number of amides is 3. The number of nitrogens with zero attached hydrogens (tertiary/aromatic N) is 1. The van der Waals surface area contributed by atoms with Crippen molar-refractivity contribution >= 4 is 17.9 Å². The standard InChI is InChI=1S/C30H49N3O5/c1-9-30(7,8)33(27(36)24(19-20(2)3)32-28(37)38-29(4,5)6)25(21-15-17-23(34)18-16-21)26(35)31-22-13-11-10-12-14-22/h15-18,20,22,24-25,34H,9-14,19H2,1-8H3,(H,31,35)(H,32,37). The van der Waals surface area contributed by atoms with Crippen molar-refractivity contribution in [3.05, 3.63) is 29.8 Å². The maximum Gasteiger partial charge on any atom is 0.408 e. The zero-order valence-electron chi connectivity index (χ0n) is 24.6. The van der Waals surface area contributed by atoms with Crippen molar-refractivity contribution in [3.8, 4) is 5.75 Å². The minimum atomic E-state index is -0.935. The molecule has 1 fully saturated rings. The van der Waals surface area contributed by atoms with Gasteiger partial charge in [0.25, 0.3) is 0 Å². The Balaban J connectivity index is 2.55. The molecule has 0 spiro atoms. The molecule has 3 N–H and O–H groups in total. The average molecular weight is 532 g/mol. The van der Waals surface area contributed by atoms with Gasteiger partial charge in [0.1, 0.15) is 23.4 Å². The predicted octanol–water partition coefficient (Wildman–Crippen LogP) is 5.84. The normalized spacial score (nSPS) is 16.4. The number of ether oxygens (including phenoxy) is 1. The summed E-state index contributed by atoms with van der Waals surface area (Å²) >= 11 is 0. The van der Waals surface area contributed by atoms with Gasteiger partial charge in [-0.05, 0) is 83.9 Å². The van der Waals surface area contributed by atoms with E-state index in [0.29, 0.717) is 18.4 Å². The van der Waals surface area contributed by atoms with Crippen LogP contribution in [0.5, 0.6) is 5.75 Å². The van der Waals surface area contributed by atoms with Crippen LogP contribution < -0.4 is 10.6 Å². The summed E-state index contributed by atoms with van der Waals surface area (Å²) in [7, 11) is 0. The van der Waals surface area contributed by atoms with Gasteiger partial charge >= 0.3 is 6.09 Å². The van der Waals surface area contributed by atoms with Crippen molar-refractivity contribution in [2.45, 2.75) is 130 Å². The molecule has 1 aromatic rings. The van der Waals surface area contributed by atoms with E-state index in [1.54, 1.807) is 37.8 Å². The van der Waals surface area contributed by atoms with Crippen LogP contribution in [-0.4, -0.2) is 51.1 Å². The molecule has 1 aliphatic carbocycles. The van der Waals surface area contributed by atoms with Crippen molar-refractivity contribution in [3.63, 3.8) is 0 Å². The SMILES string of the molecule is CCC(C)(C)N(C(=O)C(CC(C)C)NC(=O)OC(C)(C)C)C(C(=O)NC1CCCCC1)c1ccc(O)cc1. The second kappa shape index (κ2) is 13.3. The Hall–Kier alpha value is -2.77. The maximum absolute atomic E-state index is 14.4. The van der Waals surface area contributed by atoms with Crippen LogP contribution >= 0.6 is 0 Å². The Morgan fingerprint density at radius 3 is 2.11 bits per heavy atom. The van der Waals surface area contributed by atoms with E-state index in [2.05, 4.69) is 10.6 Å². The van der Waals surface area contributed by atoms with Gasteiger partial charge in [0.15, 0.2) is 0 Å². The monoisotopic (exact) mass is 531 g/mol. The van der Waals surface area contributed by atoms with Crippen molar-refractivity contribution in [2.75, 3.05) is 0 Å². The number of carbonyl (C=O) groups excluding carboxylic acids is 3. The summed E-state index contributed by atoms with van der Waals surface area (Å²) in [4.78, 5) is 42.8. The molecule has 38 heavy (non-hydrogen) atoms. The van der Waals surface area contributed by atoms with Gasteiger partial charge in [-0.2, -0.15) is 0 Å². The first kappa shape index (κ1) is 31.4. The van der Waals surface area contributed by atoms with Gasteiger partial charge in [0, 0.05) is 11.6 Å². The number of hydrogen-bond donors (Lipinski definition) is 3. The second-order valence-electron chi connectivity index (χ2n) is 12.5. The number of carbonyl (C=O) groups is 3. The first-order chi connectivity index (χ1) is 17.6. The minimum Gasteiger partial charge on any atom is -0.508 e. The summed E-state index contributed by atoms with van der Waals surface area (Å²) in [5, 5.41) is 15.9. The lowest BCUT2D eigenvalue weighted by Gasteiger charge is -2.45. The summed E-state index contributed by atoms with van der Waals surface area (Å²) in [5.74, 6) is -0.405. The lowest BCUT2D eigenvalue weighted by Crippen LogP contribution is -2.60. The van der Waals surface area contributed by atoms with E-state index in [0.717, 1.165) is 32.1 Å². The van der Waals surface area contributed by atoms with Gasteiger partial charge < -0.3 is 25.4 Å². The third kappa shape index (κ3) is 9.21. The van der Waals surface area contributed by atoms with Crippen LogP contribution in [0.3, 0.4) is 0 Å². The number of rotatable bonds is 10. The molecule has 1 saturated carbocycles. The van der Waals surface area contributed by atoms with Crippen LogP contribution in [0.4, 0.5) is 4.79 Å². The average Bonchev–Trinajstić information content (AvgIpc) is 2.81. The number of nitrogens with one attached hydrogen (secondary N) is 2. The fourth-order valence-electron chi connectivity index (χ4n) is 4.86. The highest BCUT2D eigenvalue weighted by Crippen LogP contribution is 2.34. The largest absolute Gasteiger partial charge is 0.508 e. The van der Waals surface area contributed by atoms with Gasteiger partial charge in [-0.1, -0.05) is 52.2 Å². The van der Waals surface area contributed by atoms with E-state index >= 15 is 0 Å². The van der Waals surface area contributed by atoms with Crippen molar-refractivity contribution < 1.29 is 24.2 Å². The Morgan fingerprint density at radius 2 is 1.61 bits per heavy atom. The van der Waals surface area contributed by atoms with E-state index < -0.39 is 29.3 Å². The number of phenols is 1. The molecule has 214 valence electrons. The molecule has 0 radical (unpaired) electrons. The molecule has 8 heteroatoms. The van der Waals surface area contributed by atoms with Crippen molar-refractivity contribution in [1.29, 1.82) is 0 Å². The first-order valence-corrected chi connectivity index (χ1v) is 14.1. The molecule has 0 aliphatic heterocycles. The predicted molar refractivity (Wildman–Crippen MR) is 150 cm³/mol. The molecule has 0 heterocycles. The molecule has 1 aromatic carbocycles. The molecule has 0 saturated heterocycles. The van der Waals surface area contributed by atoms with Crippen LogP contribution in [0.2, 0.25) is 0 Å². The fraction of sp³-hybridized carbons (Fsp3) is 0.700. The molecule has 3 amide bonds. The van der Waals surface area contributed by atoms with Crippen LogP contribution in [0.25, 0.3) is 0 Å². The third-order valence-electron chi connectivity index (χ3n) is 7.12. The third-order valence-corrected chi connectivity index (χ3v) is 7.12. The van der Waals surface area contributed by atoms with E-state index in [-0.39, 0.29) is 29.5 Å². The molecular formula is C30H49N3O5. The molecule has 1 aliphatic rings. The minimum absolute atomic E-state index is 0.0592. The zero-order chi connectivity index (χ0) is 28.7. The topological polar surface area (TPSA) is 108 Å². The Morgan fingerprint density at radius 1 is 1.03 bits per heavy atom. The molecule has 8 nitrogen and oxygen atoms in total. The van der Waals surface area contributed by atoms with Gasteiger partial charge in [0.05, 0.1) is 0 Å². The molecule has 2 atom stereocenters. The number of aromatic hydroxyl groups is 1. The maximum atomic E-state index is 14.4. The van der Waals surface area contributed by atoms with E-state index in [4.69, 9.17) is 4.74 Å². The van der Waals surface area contributed by atoms with Crippen LogP contribution in [0.1, 0.15) is 112 Å². The summed E-state index contributed by atoms with van der Waals surface area (Å²) in [6.45, 7) is 15.1. The van der Waals surface area contributed by atoms with Crippen LogP contribution in [0.15, 0.2) is 24.3 Å². The quantitative estimate of drug-likeness (QED) is 0.352. The highest BCUT2D eigenvalue weighted by atomic mass is 16.6. The Bertz CT molecular complexity index is 930. The smallest absolute Gasteiger partial charge is 0.408 e. The summed E-state index contributed by atoms with van der Waals surface area (Å²) in [6.07, 6.45) is 5.42. The lowest BCUT2D eigenvalue weighted by molar-refractivity contribution is -0.150. The van der Waals surface area contributed by atoms with E-state index in [1.165, 1.54) is 12.1 Å². The van der Waals surface area contributed by atoms with E-state index in [9.17, 15) is 19.5 Å². The molecule has 0 bridgehead atoms.